The predicted molar refractivity (Wildman–Crippen MR) is 77.5 cm³/mol. The molecule has 1 rings (SSSR count). The molecule has 1 unspecified atom stereocenters. The smallest absolute Gasteiger partial charge is 0.133 e. The fraction of sp³-hybridized carbons (Fsp3) is 0.714. The Kier molecular flexibility index (Phi) is 4.93. The molecular formula is C14H26N4. The molecular weight excluding hydrogens is 224 g/mol. The number of aryl methyl sites for hydroxylation is 1. The van der Waals surface area contributed by atoms with Gasteiger partial charge in [0, 0.05) is 19.0 Å². The first-order valence-electron chi connectivity index (χ1n) is 6.70. The molecule has 102 valence electrons. The van der Waals surface area contributed by atoms with E-state index in [1.165, 1.54) is 0 Å². The van der Waals surface area contributed by atoms with E-state index in [0.717, 1.165) is 31.0 Å². The van der Waals surface area contributed by atoms with Crippen LogP contribution in [0.1, 0.15) is 46.9 Å². The van der Waals surface area contributed by atoms with Crippen molar-refractivity contribution >= 4 is 11.6 Å². The van der Waals surface area contributed by atoms with Crippen molar-refractivity contribution in [1.82, 2.24) is 9.97 Å². The molecule has 0 radical (unpaired) electrons. The number of nitrogens with zero attached hydrogens (tertiary/aromatic N) is 2. The molecule has 0 aromatic carbocycles. The molecule has 0 saturated heterocycles. The number of hydrogen-bond donors (Lipinski definition) is 2. The van der Waals surface area contributed by atoms with Gasteiger partial charge < -0.3 is 11.1 Å². The third-order valence-electron chi connectivity index (χ3n) is 3.33. The molecule has 0 amide bonds. The minimum Gasteiger partial charge on any atom is -0.384 e. The first-order chi connectivity index (χ1) is 8.32. The molecule has 1 atom stereocenters. The zero-order valence-electron chi connectivity index (χ0n) is 12.2. The van der Waals surface area contributed by atoms with Crippen LogP contribution >= 0.6 is 0 Å². The van der Waals surface area contributed by atoms with E-state index in [4.69, 9.17) is 5.73 Å². The second-order valence-corrected chi connectivity index (χ2v) is 5.99. The third kappa shape index (κ3) is 4.51. The maximum atomic E-state index is 5.79. The van der Waals surface area contributed by atoms with Gasteiger partial charge in [0.2, 0.25) is 0 Å². The Bertz CT molecular complexity index is 382. The van der Waals surface area contributed by atoms with E-state index in [-0.39, 0.29) is 5.41 Å². The normalized spacial score (nSPS) is 13.4. The van der Waals surface area contributed by atoms with E-state index in [9.17, 15) is 0 Å². The van der Waals surface area contributed by atoms with Crippen LogP contribution in [0.15, 0.2) is 6.07 Å². The molecule has 0 bridgehead atoms. The summed E-state index contributed by atoms with van der Waals surface area (Å²) in [6.07, 6.45) is 1.90. The van der Waals surface area contributed by atoms with Gasteiger partial charge in [0.15, 0.2) is 0 Å². The molecule has 18 heavy (non-hydrogen) atoms. The Hall–Kier alpha value is -1.32. The highest BCUT2D eigenvalue weighted by atomic mass is 15.0. The van der Waals surface area contributed by atoms with Gasteiger partial charge in [-0.25, -0.2) is 9.97 Å². The van der Waals surface area contributed by atoms with Crippen LogP contribution in [0.5, 0.6) is 0 Å². The lowest BCUT2D eigenvalue weighted by molar-refractivity contribution is 0.274. The van der Waals surface area contributed by atoms with Crippen LogP contribution in [0.2, 0.25) is 0 Å². The van der Waals surface area contributed by atoms with Crippen molar-refractivity contribution in [3.63, 3.8) is 0 Å². The zero-order valence-corrected chi connectivity index (χ0v) is 12.2. The van der Waals surface area contributed by atoms with Crippen molar-refractivity contribution in [1.29, 1.82) is 0 Å². The lowest BCUT2D eigenvalue weighted by Gasteiger charge is -2.27. The lowest BCUT2D eigenvalue weighted by Crippen LogP contribution is -2.25. The van der Waals surface area contributed by atoms with Gasteiger partial charge >= 0.3 is 0 Å². The Morgan fingerprint density at radius 3 is 2.56 bits per heavy atom. The molecule has 0 aliphatic heterocycles. The van der Waals surface area contributed by atoms with E-state index >= 15 is 0 Å². The highest BCUT2D eigenvalue weighted by molar-refractivity contribution is 5.44. The highest BCUT2D eigenvalue weighted by Gasteiger charge is 2.19. The average molecular weight is 250 g/mol. The predicted octanol–water partition coefficient (Wildman–Crippen LogP) is 3.11. The molecule has 0 saturated carbocycles. The maximum Gasteiger partial charge on any atom is 0.133 e. The van der Waals surface area contributed by atoms with Crippen LogP contribution in [-0.2, 0) is 6.42 Å². The zero-order chi connectivity index (χ0) is 13.8. The quantitative estimate of drug-likeness (QED) is 0.843. The molecule has 4 heteroatoms. The van der Waals surface area contributed by atoms with Gasteiger partial charge in [0.05, 0.1) is 0 Å². The summed E-state index contributed by atoms with van der Waals surface area (Å²) in [6.45, 7) is 12.0. The Morgan fingerprint density at radius 2 is 2.00 bits per heavy atom. The number of nitrogen functional groups attached to an aromatic ring is 1. The molecule has 0 aliphatic carbocycles. The molecule has 1 aromatic rings. The summed E-state index contributed by atoms with van der Waals surface area (Å²) in [5, 5.41) is 3.36. The highest BCUT2D eigenvalue weighted by Crippen LogP contribution is 2.25. The lowest BCUT2D eigenvalue weighted by atomic mass is 9.82. The van der Waals surface area contributed by atoms with Crippen molar-refractivity contribution in [2.75, 3.05) is 17.6 Å². The van der Waals surface area contributed by atoms with Gasteiger partial charge in [-0.15, -0.1) is 0 Å². The summed E-state index contributed by atoms with van der Waals surface area (Å²) < 4.78 is 0. The van der Waals surface area contributed by atoms with Crippen LogP contribution in [0, 0.1) is 11.3 Å². The molecule has 0 spiro atoms. The van der Waals surface area contributed by atoms with Crippen molar-refractivity contribution in [3.8, 4) is 0 Å². The first kappa shape index (κ1) is 14.7. The molecule has 3 N–H and O–H groups in total. The fourth-order valence-corrected chi connectivity index (χ4v) is 1.51. The number of aromatic nitrogens is 2. The van der Waals surface area contributed by atoms with Gasteiger partial charge in [-0.2, -0.15) is 0 Å². The Balaban J connectivity index is 2.67. The van der Waals surface area contributed by atoms with Crippen LogP contribution in [0.25, 0.3) is 0 Å². The van der Waals surface area contributed by atoms with E-state index < -0.39 is 0 Å². The third-order valence-corrected chi connectivity index (χ3v) is 3.33. The van der Waals surface area contributed by atoms with Crippen LogP contribution in [0.4, 0.5) is 11.6 Å². The fourth-order valence-electron chi connectivity index (χ4n) is 1.51. The molecule has 1 heterocycles. The van der Waals surface area contributed by atoms with E-state index in [0.29, 0.717) is 11.7 Å². The van der Waals surface area contributed by atoms with Crippen LogP contribution < -0.4 is 11.1 Å². The molecule has 1 aromatic heterocycles. The summed E-state index contributed by atoms with van der Waals surface area (Å²) in [6, 6.07) is 1.80. The molecule has 0 aliphatic rings. The Labute approximate surface area is 110 Å². The van der Waals surface area contributed by atoms with Gasteiger partial charge in [-0.05, 0) is 17.8 Å². The maximum absolute atomic E-state index is 5.79. The van der Waals surface area contributed by atoms with Crippen LogP contribution in [-0.4, -0.2) is 16.5 Å². The SMILES string of the molecule is CCCc1nc(N)cc(NCC(C)C(C)(C)C)n1. The number of hydrogen-bond acceptors (Lipinski definition) is 4. The van der Waals surface area contributed by atoms with E-state index in [1.807, 2.05) is 0 Å². The number of anilines is 2. The number of nitrogens with two attached hydrogens (primary N) is 1. The minimum absolute atomic E-state index is 0.290. The first-order valence-corrected chi connectivity index (χ1v) is 6.70. The average Bonchev–Trinajstić information content (AvgIpc) is 2.24. The molecule has 0 fully saturated rings. The second-order valence-electron chi connectivity index (χ2n) is 5.99. The topological polar surface area (TPSA) is 63.8 Å². The van der Waals surface area contributed by atoms with Gasteiger partial charge in [0.25, 0.3) is 0 Å². The van der Waals surface area contributed by atoms with Crippen molar-refractivity contribution < 1.29 is 0 Å². The van der Waals surface area contributed by atoms with E-state index in [2.05, 4.69) is 49.9 Å². The summed E-state index contributed by atoms with van der Waals surface area (Å²) in [7, 11) is 0. The van der Waals surface area contributed by atoms with Crippen molar-refractivity contribution in [2.45, 2.75) is 47.5 Å². The minimum atomic E-state index is 0.290. The Morgan fingerprint density at radius 1 is 1.33 bits per heavy atom. The van der Waals surface area contributed by atoms with E-state index in [1.54, 1.807) is 6.07 Å². The number of nitrogens with one attached hydrogen (secondary N) is 1. The summed E-state index contributed by atoms with van der Waals surface area (Å²) >= 11 is 0. The molecule has 4 nitrogen and oxygen atoms in total. The summed E-state index contributed by atoms with van der Waals surface area (Å²) in [4.78, 5) is 8.70. The van der Waals surface area contributed by atoms with Crippen LogP contribution in [0.3, 0.4) is 0 Å². The monoisotopic (exact) mass is 250 g/mol. The summed E-state index contributed by atoms with van der Waals surface area (Å²) in [5.41, 5.74) is 6.08. The van der Waals surface area contributed by atoms with Gasteiger partial charge in [-0.3, -0.25) is 0 Å². The summed E-state index contributed by atoms with van der Waals surface area (Å²) in [5.74, 6) is 2.76. The second kappa shape index (κ2) is 6.03. The standard InChI is InChI=1S/C14H26N4/c1-6-7-12-17-11(15)8-13(18-12)16-9-10(2)14(3,4)5/h8,10H,6-7,9H2,1-5H3,(H3,15,16,17,18). The van der Waals surface area contributed by atoms with Crippen molar-refractivity contribution in [3.05, 3.63) is 11.9 Å². The van der Waals surface area contributed by atoms with Gasteiger partial charge in [0.1, 0.15) is 17.5 Å². The van der Waals surface area contributed by atoms with Gasteiger partial charge in [-0.1, -0.05) is 34.6 Å². The largest absolute Gasteiger partial charge is 0.384 e. The van der Waals surface area contributed by atoms with Crippen molar-refractivity contribution in [2.24, 2.45) is 11.3 Å². The number of rotatable bonds is 5.